The number of anilines is 2. The second-order valence-electron chi connectivity index (χ2n) is 5.47. The van der Waals surface area contributed by atoms with E-state index in [4.69, 9.17) is 15.6 Å². The minimum atomic E-state index is -0.181. The Morgan fingerprint density at radius 1 is 1.48 bits per heavy atom. The molecule has 1 aromatic rings. The number of morpholine rings is 1. The molecule has 0 amide bonds. The highest BCUT2D eigenvalue weighted by atomic mass is 16.5. The number of aryl methyl sites for hydroxylation is 1. The van der Waals surface area contributed by atoms with Crippen LogP contribution in [0.3, 0.4) is 0 Å². The average molecular weight is 295 g/mol. The molecule has 1 saturated heterocycles. The molecule has 0 aromatic carbocycles. The molecule has 2 unspecified atom stereocenters. The molecule has 0 aliphatic carbocycles. The van der Waals surface area contributed by atoms with Crippen molar-refractivity contribution in [3.05, 3.63) is 11.4 Å². The van der Waals surface area contributed by atoms with E-state index < -0.39 is 0 Å². The summed E-state index contributed by atoms with van der Waals surface area (Å²) in [6, 6.07) is 0.196. The van der Waals surface area contributed by atoms with Crippen LogP contribution < -0.4 is 16.2 Å². The minimum absolute atomic E-state index is 0.0111. The largest absolute Gasteiger partial charge is 0.394 e. The molecule has 0 spiro atoms. The van der Waals surface area contributed by atoms with Crippen molar-refractivity contribution in [1.29, 1.82) is 0 Å². The Balaban J connectivity index is 2.37. The standard InChI is InChI=1S/C14H25N5O2/c1-4-5-12-16-13(18-15)10(3)14(17-12)19-6-11(7-20)21-8-9(19)2/h9,11,20H,4-8,15H2,1-3H3,(H,16,17,18). The van der Waals surface area contributed by atoms with Gasteiger partial charge in [0, 0.05) is 18.5 Å². The third-order valence-corrected chi connectivity index (χ3v) is 3.76. The Hall–Kier alpha value is -1.44. The summed E-state index contributed by atoms with van der Waals surface area (Å²) in [5.41, 5.74) is 3.57. The number of hydrazine groups is 1. The van der Waals surface area contributed by atoms with Crippen LogP contribution in [-0.4, -0.2) is 47.0 Å². The molecule has 7 heteroatoms. The third-order valence-electron chi connectivity index (χ3n) is 3.76. The van der Waals surface area contributed by atoms with Crippen molar-refractivity contribution in [3.63, 3.8) is 0 Å². The van der Waals surface area contributed by atoms with Crippen molar-refractivity contribution in [3.8, 4) is 0 Å². The fourth-order valence-electron chi connectivity index (χ4n) is 2.53. The van der Waals surface area contributed by atoms with Gasteiger partial charge in [-0.25, -0.2) is 15.8 Å². The summed E-state index contributed by atoms with van der Waals surface area (Å²) in [7, 11) is 0. The van der Waals surface area contributed by atoms with Crippen LogP contribution >= 0.6 is 0 Å². The highest BCUT2D eigenvalue weighted by Crippen LogP contribution is 2.27. The van der Waals surface area contributed by atoms with Crippen LogP contribution in [0.25, 0.3) is 0 Å². The first-order chi connectivity index (χ1) is 10.1. The van der Waals surface area contributed by atoms with E-state index in [0.29, 0.717) is 19.0 Å². The number of nitrogens with zero attached hydrogens (tertiary/aromatic N) is 3. The normalized spacial score (nSPS) is 22.4. The van der Waals surface area contributed by atoms with E-state index in [9.17, 15) is 5.11 Å². The van der Waals surface area contributed by atoms with Gasteiger partial charge in [-0.15, -0.1) is 0 Å². The Labute approximate surface area is 125 Å². The van der Waals surface area contributed by atoms with Gasteiger partial charge in [-0.1, -0.05) is 6.92 Å². The van der Waals surface area contributed by atoms with Crippen molar-refractivity contribution < 1.29 is 9.84 Å². The van der Waals surface area contributed by atoms with Crippen LogP contribution in [0.1, 0.15) is 31.7 Å². The van der Waals surface area contributed by atoms with Gasteiger partial charge in [0.2, 0.25) is 0 Å². The lowest BCUT2D eigenvalue weighted by Gasteiger charge is -2.39. The number of nitrogens with two attached hydrogens (primary N) is 1. The summed E-state index contributed by atoms with van der Waals surface area (Å²) < 4.78 is 5.59. The Kier molecular flexibility index (Phi) is 5.33. The van der Waals surface area contributed by atoms with Gasteiger partial charge in [-0.3, -0.25) is 0 Å². The highest BCUT2D eigenvalue weighted by molar-refractivity contribution is 5.59. The second-order valence-corrected chi connectivity index (χ2v) is 5.47. The summed E-state index contributed by atoms with van der Waals surface area (Å²) >= 11 is 0. The summed E-state index contributed by atoms with van der Waals surface area (Å²) in [4.78, 5) is 11.3. The summed E-state index contributed by atoms with van der Waals surface area (Å²) in [6.07, 6.45) is 1.61. The van der Waals surface area contributed by atoms with E-state index in [0.717, 1.165) is 30.0 Å². The Bertz CT molecular complexity index is 483. The molecule has 0 saturated carbocycles. The maximum Gasteiger partial charge on any atom is 0.148 e. The average Bonchev–Trinajstić information content (AvgIpc) is 2.50. The maximum absolute atomic E-state index is 9.33. The highest BCUT2D eigenvalue weighted by Gasteiger charge is 2.28. The molecule has 2 atom stereocenters. The Morgan fingerprint density at radius 2 is 2.24 bits per heavy atom. The second kappa shape index (κ2) is 7.02. The monoisotopic (exact) mass is 295 g/mol. The molecule has 1 aliphatic heterocycles. The van der Waals surface area contributed by atoms with Crippen LogP contribution in [-0.2, 0) is 11.2 Å². The van der Waals surface area contributed by atoms with Crippen LogP contribution in [0.5, 0.6) is 0 Å². The molecule has 4 N–H and O–H groups in total. The molecule has 1 aliphatic rings. The zero-order valence-electron chi connectivity index (χ0n) is 13.0. The number of aliphatic hydroxyl groups is 1. The van der Waals surface area contributed by atoms with Crippen LogP contribution in [0.4, 0.5) is 11.6 Å². The van der Waals surface area contributed by atoms with Gasteiger partial charge in [0.1, 0.15) is 17.5 Å². The fraction of sp³-hybridized carbons (Fsp3) is 0.714. The number of aromatic nitrogens is 2. The predicted octanol–water partition coefficient (Wildman–Crippen LogP) is 0.609. The van der Waals surface area contributed by atoms with E-state index >= 15 is 0 Å². The fourth-order valence-corrected chi connectivity index (χ4v) is 2.53. The van der Waals surface area contributed by atoms with E-state index in [1.165, 1.54) is 0 Å². The topological polar surface area (TPSA) is 96.5 Å². The van der Waals surface area contributed by atoms with Gasteiger partial charge < -0.3 is 20.2 Å². The van der Waals surface area contributed by atoms with Crippen molar-refractivity contribution in [2.45, 2.75) is 45.8 Å². The molecule has 2 rings (SSSR count). The first kappa shape index (κ1) is 15.9. The number of hydrogen-bond donors (Lipinski definition) is 3. The van der Waals surface area contributed by atoms with Gasteiger partial charge in [-0.2, -0.15) is 0 Å². The van der Waals surface area contributed by atoms with Crippen molar-refractivity contribution in [1.82, 2.24) is 9.97 Å². The smallest absolute Gasteiger partial charge is 0.148 e. The van der Waals surface area contributed by atoms with Crippen LogP contribution in [0.15, 0.2) is 0 Å². The lowest BCUT2D eigenvalue weighted by molar-refractivity contribution is -0.0106. The predicted molar refractivity (Wildman–Crippen MR) is 82.2 cm³/mol. The third kappa shape index (κ3) is 3.42. The summed E-state index contributed by atoms with van der Waals surface area (Å²) in [5.74, 6) is 7.89. The van der Waals surface area contributed by atoms with E-state index in [2.05, 4.69) is 29.2 Å². The first-order valence-electron chi connectivity index (χ1n) is 7.43. The molecule has 7 nitrogen and oxygen atoms in total. The number of nitrogen functional groups attached to an aromatic ring is 1. The number of ether oxygens (including phenoxy) is 1. The van der Waals surface area contributed by atoms with Crippen LogP contribution in [0.2, 0.25) is 0 Å². The first-order valence-corrected chi connectivity index (χ1v) is 7.43. The van der Waals surface area contributed by atoms with Gasteiger partial charge >= 0.3 is 0 Å². The maximum atomic E-state index is 9.33. The molecule has 118 valence electrons. The molecule has 0 bridgehead atoms. The molecule has 0 radical (unpaired) electrons. The molecule has 1 fully saturated rings. The molecule has 21 heavy (non-hydrogen) atoms. The molecule has 2 heterocycles. The van der Waals surface area contributed by atoms with Crippen molar-refractivity contribution in [2.24, 2.45) is 5.84 Å². The quantitative estimate of drug-likeness (QED) is 0.541. The van der Waals surface area contributed by atoms with Gasteiger partial charge in [0.25, 0.3) is 0 Å². The van der Waals surface area contributed by atoms with Gasteiger partial charge in [0.05, 0.1) is 25.4 Å². The lowest BCUT2D eigenvalue weighted by Crippen LogP contribution is -2.50. The zero-order valence-corrected chi connectivity index (χ0v) is 13.0. The van der Waals surface area contributed by atoms with Gasteiger partial charge in [-0.05, 0) is 20.3 Å². The van der Waals surface area contributed by atoms with E-state index in [1.807, 2.05) is 6.92 Å². The van der Waals surface area contributed by atoms with Crippen molar-refractivity contribution >= 4 is 11.6 Å². The SMILES string of the molecule is CCCc1nc(NN)c(C)c(N2CC(CO)OCC2C)n1. The molecule has 1 aromatic heterocycles. The summed E-state index contributed by atoms with van der Waals surface area (Å²) in [5, 5.41) is 9.33. The molecular formula is C14H25N5O2. The number of hydrogen-bond acceptors (Lipinski definition) is 7. The minimum Gasteiger partial charge on any atom is -0.394 e. The number of rotatable bonds is 5. The summed E-state index contributed by atoms with van der Waals surface area (Å²) in [6.45, 7) is 7.34. The van der Waals surface area contributed by atoms with Gasteiger partial charge in [0.15, 0.2) is 0 Å². The van der Waals surface area contributed by atoms with E-state index in [1.54, 1.807) is 0 Å². The zero-order chi connectivity index (χ0) is 15.4. The van der Waals surface area contributed by atoms with Crippen molar-refractivity contribution in [2.75, 3.05) is 30.1 Å². The van der Waals surface area contributed by atoms with E-state index in [-0.39, 0.29) is 18.8 Å². The molecular weight excluding hydrogens is 270 g/mol. The Morgan fingerprint density at radius 3 is 2.86 bits per heavy atom. The lowest BCUT2D eigenvalue weighted by atomic mass is 10.1. The number of aliphatic hydroxyl groups excluding tert-OH is 1. The number of nitrogens with one attached hydrogen (secondary N) is 1. The van der Waals surface area contributed by atoms with Crippen LogP contribution in [0, 0.1) is 6.92 Å².